The van der Waals surface area contributed by atoms with Gasteiger partial charge in [-0.2, -0.15) is 0 Å². The van der Waals surface area contributed by atoms with E-state index in [0.717, 1.165) is 52.2 Å². The summed E-state index contributed by atoms with van der Waals surface area (Å²) >= 11 is 0. The van der Waals surface area contributed by atoms with Crippen LogP contribution in [0.25, 0.3) is 0 Å². The molecule has 1 fully saturated rings. The number of rotatable bonds is 9. The standard InChI is InChI=1S/C16H25NO2/c1-18-9-5-10-19-11-8-16(13-17-14-16)12-15-6-3-2-4-7-15/h2-4,6-7,17H,5,8-14H2,1H3. The van der Waals surface area contributed by atoms with Crippen LogP contribution in [-0.2, 0) is 15.9 Å². The van der Waals surface area contributed by atoms with Gasteiger partial charge in [-0.1, -0.05) is 30.3 Å². The average Bonchev–Trinajstić information content (AvgIpc) is 2.41. The van der Waals surface area contributed by atoms with Gasteiger partial charge in [-0.15, -0.1) is 0 Å². The fourth-order valence-electron chi connectivity index (χ4n) is 2.59. The molecule has 1 aliphatic heterocycles. The van der Waals surface area contributed by atoms with Crippen LogP contribution >= 0.6 is 0 Å². The van der Waals surface area contributed by atoms with Crippen molar-refractivity contribution in [3.63, 3.8) is 0 Å². The second-order valence-corrected chi connectivity index (χ2v) is 5.47. The van der Waals surface area contributed by atoms with Crippen molar-refractivity contribution in [1.29, 1.82) is 0 Å². The van der Waals surface area contributed by atoms with Crippen molar-refractivity contribution in [3.05, 3.63) is 35.9 Å². The summed E-state index contributed by atoms with van der Waals surface area (Å²) in [4.78, 5) is 0. The molecule has 0 saturated carbocycles. The van der Waals surface area contributed by atoms with E-state index in [9.17, 15) is 0 Å². The second kappa shape index (κ2) is 7.63. The minimum absolute atomic E-state index is 0.405. The first-order chi connectivity index (χ1) is 9.35. The Morgan fingerprint density at radius 3 is 2.53 bits per heavy atom. The number of ether oxygens (including phenoxy) is 2. The van der Waals surface area contributed by atoms with Crippen molar-refractivity contribution in [3.8, 4) is 0 Å². The molecule has 19 heavy (non-hydrogen) atoms. The van der Waals surface area contributed by atoms with Gasteiger partial charge in [0.25, 0.3) is 0 Å². The highest BCUT2D eigenvalue weighted by molar-refractivity contribution is 5.18. The second-order valence-electron chi connectivity index (χ2n) is 5.47. The molecule has 106 valence electrons. The van der Waals surface area contributed by atoms with Crippen LogP contribution in [0.1, 0.15) is 18.4 Å². The van der Waals surface area contributed by atoms with Crippen LogP contribution in [0.3, 0.4) is 0 Å². The maximum Gasteiger partial charge on any atom is 0.0487 e. The lowest BCUT2D eigenvalue weighted by atomic mass is 9.74. The minimum atomic E-state index is 0.405. The molecular weight excluding hydrogens is 238 g/mol. The van der Waals surface area contributed by atoms with E-state index in [1.54, 1.807) is 7.11 Å². The third-order valence-corrected chi connectivity index (χ3v) is 3.84. The Bertz CT molecular complexity index is 349. The average molecular weight is 263 g/mol. The number of hydrogen-bond donors (Lipinski definition) is 1. The van der Waals surface area contributed by atoms with Gasteiger partial charge in [0.1, 0.15) is 0 Å². The van der Waals surface area contributed by atoms with Crippen molar-refractivity contribution < 1.29 is 9.47 Å². The molecule has 0 amide bonds. The third kappa shape index (κ3) is 4.60. The summed E-state index contributed by atoms with van der Waals surface area (Å²) in [5.41, 5.74) is 1.84. The largest absolute Gasteiger partial charge is 0.385 e. The highest BCUT2D eigenvalue weighted by Crippen LogP contribution is 2.31. The fourth-order valence-corrected chi connectivity index (χ4v) is 2.59. The molecule has 1 aromatic rings. The number of hydrogen-bond acceptors (Lipinski definition) is 3. The van der Waals surface area contributed by atoms with Crippen molar-refractivity contribution >= 4 is 0 Å². The van der Waals surface area contributed by atoms with Gasteiger partial charge in [0, 0.05) is 45.4 Å². The lowest BCUT2D eigenvalue weighted by Crippen LogP contribution is -2.55. The van der Waals surface area contributed by atoms with E-state index in [1.165, 1.54) is 5.56 Å². The van der Waals surface area contributed by atoms with Crippen LogP contribution in [0.4, 0.5) is 0 Å². The summed E-state index contributed by atoms with van der Waals surface area (Å²) in [6.07, 6.45) is 3.28. The van der Waals surface area contributed by atoms with Crippen LogP contribution in [0.5, 0.6) is 0 Å². The van der Waals surface area contributed by atoms with Gasteiger partial charge < -0.3 is 14.8 Å². The molecule has 0 atom stereocenters. The quantitative estimate of drug-likeness (QED) is 0.693. The van der Waals surface area contributed by atoms with E-state index in [2.05, 4.69) is 35.6 Å². The Morgan fingerprint density at radius 1 is 1.11 bits per heavy atom. The monoisotopic (exact) mass is 263 g/mol. The van der Waals surface area contributed by atoms with E-state index in [1.807, 2.05) is 0 Å². The molecule has 1 saturated heterocycles. The molecule has 3 heteroatoms. The van der Waals surface area contributed by atoms with Gasteiger partial charge in [-0.3, -0.25) is 0 Å². The highest BCUT2D eigenvalue weighted by Gasteiger charge is 2.36. The highest BCUT2D eigenvalue weighted by atomic mass is 16.5. The van der Waals surface area contributed by atoms with Crippen molar-refractivity contribution in [1.82, 2.24) is 5.32 Å². The molecule has 0 bridgehead atoms. The predicted octanol–water partition coefficient (Wildman–Crippen LogP) is 2.26. The van der Waals surface area contributed by atoms with Gasteiger partial charge in [-0.25, -0.2) is 0 Å². The molecule has 1 aliphatic rings. The Morgan fingerprint density at radius 2 is 1.89 bits per heavy atom. The molecule has 1 heterocycles. The van der Waals surface area contributed by atoms with Gasteiger partial charge in [0.2, 0.25) is 0 Å². The fraction of sp³-hybridized carbons (Fsp3) is 0.625. The third-order valence-electron chi connectivity index (χ3n) is 3.84. The van der Waals surface area contributed by atoms with E-state index >= 15 is 0 Å². The van der Waals surface area contributed by atoms with Crippen LogP contribution in [0.15, 0.2) is 30.3 Å². The first-order valence-corrected chi connectivity index (χ1v) is 7.16. The summed E-state index contributed by atoms with van der Waals surface area (Å²) < 4.78 is 10.7. The molecule has 2 rings (SSSR count). The molecule has 0 spiro atoms. The van der Waals surface area contributed by atoms with Crippen LogP contribution in [-0.4, -0.2) is 40.0 Å². The molecular formula is C16H25NO2. The lowest BCUT2D eigenvalue weighted by molar-refractivity contribution is 0.0553. The summed E-state index contributed by atoms with van der Waals surface area (Å²) in [7, 11) is 1.73. The van der Waals surface area contributed by atoms with Gasteiger partial charge >= 0.3 is 0 Å². The first kappa shape index (κ1) is 14.5. The normalized spacial score (nSPS) is 17.1. The maximum absolute atomic E-state index is 5.70. The van der Waals surface area contributed by atoms with Crippen molar-refractivity contribution in [2.45, 2.75) is 19.3 Å². The SMILES string of the molecule is COCCCOCCC1(Cc2ccccc2)CNC1. The molecule has 0 aromatic heterocycles. The smallest absolute Gasteiger partial charge is 0.0487 e. The molecule has 0 radical (unpaired) electrons. The molecule has 1 N–H and O–H groups in total. The van der Waals surface area contributed by atoms with E-state index in [-0.39, 0.29) is 0 Å². The van der Waals surface area contributed by atoms with Gasteiger partial charge in [0.15, 0.2) is 0 Å². The van der Waals surface area contributed by atoms with Crippen molar-refractivity contribution in [2.75, 3.05) is 40.0 Å². The van der Waals surface area contributed by atoms with E-state index in [4.69, 9.17) is 9.47 Å². The number of benzene rings is 1. The van der Waals surface area contributed by atoms with E-state index in [0.29, 0.717) is 5.41 Å². The number of methoxy groups -OCH3 is 1. The maximum atomic E-state index is 5.70. The summed E-state index contributed by atoms with van der Waals surface area (Å²) in [5, 5.41) is 3.41. The minimum Gasteiger partial charge on any atom is -0.385 e. The zero-order valence-electron chi connectivity index (χ0n) is 11.9. The molecule has 3 nitrogen and oxygen atoms in total. The Kier molecular flexibility index (Phi) is 5.83. The summed E-state index contributed by atoms with van der Waals surface area (Å²) in [6, 6.07) is 10.8. The Balaban J connectivity index is 1.70. The first-order valence-electron chi connectivity index (χ1n) is 7.16. The zero-order chi connectivity index (χ0) is 13.4. The van der Waals surface area contributed by atoms with Crippen LogP contribution in [0, 0.1) is 5.41 Å². The van der Waals surface area contributed by atoms with Crippen LogP contribution < -0.4 is 5.32 Å². The lowest BCUT2D eigenvalue weighted by Gasteiger charge is -2.43. The molecule has 1 aromatic carbocycles. The van der Waals surface area contributed by atoms with E-state index < -0.39 is 0 Å². The Labute approximate surface area is 116 Å². The summed E-state index contributed by atoms with van der Waals surface area (Å²) in [6.45, 7) is 4.68. The topological polar surface area (TPSA) is 30.5 Å². The van der Waals surface area contributed by atoms with Crippen LogP contribution in [0.2, 0.25) is 0 Å². The van der Waals surface area contributed by atoms with Gasteiger partial charge in [-0.05, 0) is 24.8 Å². The molecule has 0 unspecified atom stereocenters. The molecule has 0 aliphatic carbocycles. The predicted molar refractivity (Wildman–Crippen MR) is 77.4 cm³/mol. The summed E-state index contributed by atoms with van der Waals surface area (Å²) in [5.74, 6) is 0. The van der Waals surface area contributed by atoms with Gasteiger partial charge in [0.05, 0.1) is 0 Å². The van der Waals surface area contributed by atoms with Crippen molar-refractivity contribution in [2.24, 2.45) is 5.41 Å². The Hall–Kier alpha value is -0.900. The zero-order valence-corrected chi connectivity index (χ0v) is 11.9. The number of nitrogens with one attached hydrogen (secondary N) is 1.